The summed E-state index contributed by atoms with van der Waals surface area (Å²) in [5, 5.41) is 0. The van der Waals surface area contributed by atoms with Gasteiger partial charge < -0.3 is 14.5 Å². The molecule has 1 amide bonds. The van der Waals surface area contributed by atoms with Crippen molar-refractivity contribution in [2.45, 2.75) is 45.3 Å². The highest BCUT2D eigenvalue weighted by atomic mass is 16.5. The fraction of sp³-hybridized carbons (Fsp3) is 0.552. The average Bonchev–Trinajstić information content (AvgIpc) is 2.86. The molecule has 0 aromatic heterocycles. The zero-order valence-electron chi connectivity index (χ0n) is 21.2. The fourth-order valence-electron chi connectivity index (χ4n) is 5.22. The number of rotatable bonds is 7. The van der Waals surface area contributed by atoms with Gasteiger partial charge in [-0.15, -0.1) is 0 Å². The molecule has 0 unspecified atom stereocenters. The molecule has 2 saturated heterocycles. The molecule has 2 aromatic rings. The number of nitrogens with zero attached hydrogens (tertiary/aromatic N) is 3. The molecule has 34 heavy (non-hydrogen) atoms. The second-order valence-corrected chi connectivity index (χ2v) is 10.8. The van der Waals surface area contributed by atoms with Crippen molar-refractivity contribution in [1.82, 2.24) is 14.7 Å². The van der Waals surface area contributed by atoms with Crippen LogP contribution in [0.1, 0.15) is 50.8 Å². The van der Waals surface area contributed by atoms with Gasteiger partial charge in [-0.2, -0.15) is 0 Å². The Morgan fingerprint density at radius 2 is 1.38 bits per heavy atom. The van der Waals surface area contributed by atoms with Crippen LogP contribution >= 0.6 is 0 Å². The number of amides is 1. The largest absolute Gasteiger partial charge is 0.359 e. The van der Waals surface area contributed by atoms with Gasteiger partial charge in [0.15, 0.2) is 0 Å². The molecule has 184 valence electrons. The first kappa shape index (κ1) is 24.9. The Bertz CT molecular complexity index is 841. The van der Waals surface area contributed by atoms with Gasteiger partial charge in [0.2, 0.25) is 5.91 Å². The van der Waals surface area contributed by atoms with E-state index in [4.69, 9.17) is 4.74 Å². The number of hydrogen-bond donors (Lipinski definition) is 0. The van der Waals surface area contributed by atoms with Gasteiger partial charge in [-0.05, 0) is 50.7 Å². The summed E-state index contributed by atoms with van der Waals surface area (Å²) in [7, 11) is 0. The topological polar surface area (TPSA) is 36.0 Å². The van der Waals surface area contributed by atoms with Crippen molar-refractivity contribution >= 4 is 5.91 Å². The normalized spacial score (nSPS) is 19.0. The number of piperazine rings is 1. The van der Waals surface area contributed by atoms with Gasteiger partial charge in [0.1, 0.15) is 12.7 Å². The van der Waals surface area contributed by atoms with E-state index >= 15 is 0 Å². The maximum Gasteiger partial charge on any atom is 0.248 e. The number of benzene rings is 2. The first-order chi connectivity index (χ1) is 16.4. The van der Waals surface area contributed by atoms with Crippen molar-refractivity contribution < 1.29 is 9.53 Å². The van der Waals surface area contributed by atoms with Crippen molar-refractivity contribution in [3.63, 3.8) is 0 Å². The Kier molecular flexibility index (Phi) is 8.41. The van der Waals surface area contributed by atoms with E-state index in [0.29, 0.717) is 5.92 Å². The second-order valence-electron chi connectivity index (χ2n) is 10.8. The third-order valence-electron chi connectivity index (χ3n) is 7.38. The van der Waals surface area contributed by atoms with Gasteiger partial charge in [-0.25, -0.2) is 0 Å². The molecule has 2 aliphatic heterocycles. The van der Waals surface area contributed by atoms with Gasteiger partial charge in [-0.3, -0.25) is 9.69 Å². The van der Waals surface area contributed by atoms with Crippen molar-refractivity contribution in [1.29, 1.82) is 0 Å². The Labute approximate surface area is 205 Å². The molecule has 5 heteroatoms. The summed E-state index contributed by atoms with van der Waals surface area (Å²) in [5.41, 5.74) is 2.42. The highest BCUT2D eigenvalue weighted by Crippen LogP contribution is 2.26. The van der Waals surface area contributed by atoms with Crippen LogP contribution in [0.4, 0.5) is 0 Å². The first-order valence-electron chi connectivity index (χ1n) is 12.9. The van der Waals surface area contributed by atoms with E-state index in [9.17, 15) is 4.79 Å². The highest BCUT2D eigenvalue weighted by Gasteiger charge is 2.29. The molecule has 0 atom stereocenters. The number of piperidine rings is 1. The molecule has 0 bridgehead atoms. The summed E-state index contributed by atoms with van der Waals surface area (Å²) in [5.74, 6) is 0.793. The SMILES string of the molecule is CC(C)(C)N1CCN(CC2CCN(C(=O)COC(c3ccccc3)c3ccccc3)CC2)CC1. The number of carbonyl (C=O) groups excluding carboxylic acids is 1. The summed E-state index contributed by atoms with van der Waals surface area (Å²) < 4.78 is 6.21. The van der Waals surface area contributed by atoms with E-state index in [1.165, 1.54) is 6.54 Å². The Morgan fingerprint density at radius 3 is 1.88 bits per heavy atom. The molecule has 2 heterocycles. The lowest BCUT2D eigenvalue weighted by Crippen LogP contribution is -2.54. The summed E-state index contributed by atoms with van der Waals surface area (Å²) in [4.78, 5) is 20.2. The molecular weight excluding hydrogens is 422 g/mol. The van der Waals surface area contributed by atoms with Gasteiger partial charge in [-0.1, -0.05) is 60.7 Å². The number of carbonyl (C=O) groups is 1. The quantitative estimate of drug-likeness (QED) is 0.608. The molecular formula is C29H41N3O2. The van der Waals surface area contributed by atoms with Crippen LogP contribution in [0.15, 0.2) is 60.7 Å². The number of ether oxygens (including phenoxy) is 1. The third kappa shape index (κ3) is 6.68. The predicted molar refractivity (Wildman–Crippen MR) is 138 cm³/mol. The van der Waals surface area contributed by atoms with Crippen LogP contribution in [0.3, 0.4) is 0 Å². The zero-order chi connectivity index (χ0) is 24.0. The zero-order valence-corrected chi connectivity index (χ0v) is 21.2. The van der Waals surface area contributed by atoms with Crippen molar-refractivity contribution in [2.75, 3.05) is 52.4 Å². The minimum atomic E-state index is -0.226. The van der Waals surface area contributed by atoms with Crippen LogP contribution in [0.5, 0.6) is 0 Å². The van der Waals surface area contributed by atoms with E-state index in [1.807, 2.05) is 41.3 Å². The standard InChI is InChI=1S/C29H41N3O2/c1-29(2,3)32-20-18-30(19-21-32)22-24-14-16-31(17-15-24)27(33)23-34-28(25-10-6-4-7-11-25)26-12-8-5-9-13-26/h4-13,24,28H,14-23H2,1-3H3. The minimum absolute atomic E-state index is 0.106. The summed E-state index contributed by atoms with van der Waals surface area (Å²) in [6.45, 7) is 14.5. The van der Waals surface area contributed by atoms with E-state index in [1.54, 1.807) is 0 Å². The van der Waals surface area contributed by atoms with Crippen LogP contribution in [0.2, 0.25) is 0 Å². The first-order valence-corrected chi connectivity index (χ1v) is 12.9. The van der Waals surface area contributed by atoms with E-state index in [2.05, 4.69) is 54.8 Å². The van der Waals surface area contributed by atoms with Crippen molar-refractivity contribution in [3.05, 3.63) is 71.8 Å². The van der Waals surface area contributed by atoms with E-state index in [0.717, 1.165) is 63.2 Å². The lowest BCUT2D eigenvalue weighted by molar-refractivity contribution is -0.139. The average molecular weight is 464 g/mol. The maximum atomic E-state index is 13.0. The smallest absolute Gasteiger partial charge is 0.248 e. The number of likely N-dealkylation sites (tertiary alicyclic amines) is 1. The molecule has 0 N–H and O–H groups in total. The monoisotopic (exact) mass is 463 g/mol. The van der Waals surface area contributed by atoms with Gasteiger partial charge in [0, 0.05) is 51.4 Å². The minimum Gasteiger partial charge on any atom is -0.359 e. The summed E-state index contributed by atoms with van der Waals surface area (Å²) in [6, 6.07) is 20.3. The van der Waals surface area contributed by atoms with Crippen LogP contribution in [-0.2, 0) is 9.53 Å². The predicted octanol–water partition coefficient (Wildman–Crippen LogP) is 4.45. The highest BCUT2D eigenvalue weighted by molar-refractivity contribution is 5.77. The van der Waals surface area contributed by atoms with E-state index < -0.39 is 0 Å². The lowest BCUT2D eigenvalue weighted by atomic mass is 9.95. The Morgan fingerprint density at radius 1 is 0.853 bits per heavy atom. The van der Waals surface area contributed by atoms with Crippen molar-refractivity contribution in [3.8, 4) is 0 Å². The van der Waals surface area contributed by atoms with Gasteiger partial charge in [0.25, 0.3) is 0 Å². The second kappa shape index (κ2) is 11.5. The molecule has 2 fully saturated rings. The summed E-state index contributed by atoms with van der Waals surface area (Å²) in [6.07, 6.45) is 1.95. The fourth-order valence-corrected chi connectivity index (χ4v) is 5.22. The maximum absolute atomic E-state index is 13.0. The molecule has 2 aromatic carbocycles. The molecule has 0 radical (unpaired) electrons. The third-order valence-corrected chi connectivity index (χ3v) is 7.38. The van der Waals surface area contributed by atoms with Crippen LogP contribution in [0, 0.1) is 5.92 Å². The van der Waals surface area contributed by atoms with E-state index in [-0.39, 0.29) is 24.2 Å². The molecule has 0 aliphatic carbocycles. The Balaban J connectivity index is 1.23. The molecule has 0 saturated carbocycles. The van der Waals surface area contributed by atoms with Gasteiger partial charge >= 0.3 is 0 Å². The van der Waals surface area contributed by atoms with Crippen LogP contribution in [0.25, 0.3) is 0 Å². The van der Waals surface area contributed by atoms with Crippen LogP contribution in [-0.4, -0.2) is 78.6 Å². The molecule has 5 nitrogen and oxygen atoms in total. The molecule has 0 spiro atoms. The van der Waals surface area contributed by atoms with Crippen LogP contribution < -0.4 is 0 Å². The number of hydrogen-bond acceptors (Lipinski definition) is 4. The van der Waals surface area contributed by atoms with Gasteiger partial charge in [0.05, 0.1) is 0 Å². The summed E-state index contributed by atoms with van der Waals surface area (Å²) >= 11 is 0. The Hall–Kier alpha value is -2.21. The van der Waals surface area contributed by atoms with Crippen molar-refractivity contribution in [2.24, 2.45) is 5.92 Å². The molecule has 2 aliphatic rings. The lowest BCUT2D eigenvalue weighted by Gasteiger charge is -2.43. The molecule has 4 rings (SSSR count).